The molecule has 0 aliphatic carbocycles. The van der Waals surface area contributed by atoms with Gasteiger partial charge in [0, 0.05) is 19.7 Å². The molecule has 21 heavy (non-hydrogen) atoms. The van der Waals surface area contributed by atoms with Gasteiger partial charge >= 0.3 is 6.09 Å². The molecule has 1 unspecified atom stereocenters. The van der Waals surface area contributed by atoms with Crippen molar-refractivity contribution >= 4 is 6.09 Å². The maximum Gasteiger partial charge on any atom is 0.410 e. The maximum atomic E-state index is 12.2. The molecule has 2 aliphatic heterocycles. The lowest BCUT2D eigenvalue weighted by atomic mass is 10.0. The number of carbonyl (C=O) groups excluding carboxylic acids is 1. The Hall–Kier alpha value is -0.850. The third-order valence-electron chi connectivity index (χ3n) is 4.01. The number of hydrogen-bond acceptors (Lipinski definition) is 5. The fourth-order valence-corrected chi connectivity index (χ4v) is 2.94. The first-order valence-corrected chi connectivity index (χ1v) is 7.86. The van der Waals surface area contributed by atoms with Gasteiger partial charge in [0.2, 0.25) is 0 Å². The Balaban J connectivity index is 1.88. The Morgan fingerprint density at radius 2 is 1.90 bits per heavy atom. The van der Waals surface area contributed by atoms with E-state index < -0.39 is 5.60 Å². The molecular formula is C15H29N3O3. The number of amides is 1. The van der Waals surface area contributed by atoms with Crippen molar-refractivity contribution < 1.29 is 14.3 Å². The van der Waals surface area contributed by atoms with Crippen molar-refractivity contribution in [1.29, 1.82) is 0 Å². The Kier molecular flexibility index (Phi) is 5.46. The van der Waals surface area contributed by atoms with Gasteiger partial charge in [0.05, 0.1) is 18.7 Å². The summed E-state index contributed by atoms with van der Waals surface area (Å²) < 4.78 is 11.0. The first-order valence-electron chi connectivity index (χ1n) is 7.86. The predicted octanol–water partition coefficient (Wildman–Crippen LogP) is 0.962. The van der Waals surface area contributed by atoms with E-state index in [4.69, 9.17) is 9.47 Å². The number of methoxy groups -OCH3 is 1. The number of piperidine rings is 1. The van der Waals surface area contributed by atoms with Crippen LogP contribution in [0, 0.1) is 0 Å². The monoisotopic (exact) mass is 299 g/mol. The molecule has 0 saturated carbocycles. The molecule has 0 aromatic carbocycles. The lowest BCUT2D eigenvalue weighted by molar-refractivity contribution is 0.0252. The summed E-state index contributed by atoms with van der Waals surface area (Å²) in [5.41, 5.74) is -0.458. The fourth-order valence-electron chi connectivity index (χ4n) is 2.94. The van der Waals surface area contributed by atoms with Gasteiger partial charge in [-0.2, -0.15) is 0 Å². The van der Waals surface area contributed by atoms with Gasteiger partial charge in [-0.25, -0.2) is 4.79 Å². The number of rotatable bonds is 3. The van der Waals surface area contributed by atoms with E-state index in [1.54, 1.807) is 12.0 Å². The minimum atomic E-state index is -0.458. The molecule has 0 spiro atoms. The van der Waals surface area contributed by atoms with E-state index in [1.807, 2.05) is 20.8 Å². The molecule has 2 atom stereocenters. The van der Waals surface area contributed by atoms with Crippen molar-refractivity contribution in [1.82, 2.24) is 15.5 Å². The lowest BCUT2D eigenvalue weighted by Crippen LogP contribution is -2.49. The van der Waals surface area contributed by atoms with Gasteiger partial charge < -0.3 is 25.0 Å². The normalized spacial score (nSPS) is 27.9. The van der Waals surface area contributed by atoms with Crippen LogP contribution in [0.25, 0.3) is 0 Å². The third-order valence-corrected chi connectivity index (χ3v) is 4.01. The van der Waals surface area contributed by atoms with Crippen LogP contribution in [0.4, 0.5) is 4.79 Å². The van der Waals surface area contributed by atoms with Crippen LogP contribution < -0.4 is 10.6 Å². The van der Waals surface area contributed by atoms with Crippen LogP contribution in [0.1, 0.15) is 33.6 Å². The van der Waals surface area contributed by atoms with Crippen LogP contribution in [0.3, 0.4) is 0 Å². The standard InChI is InChI=1S/C15H29N3O3/c1-15(2,3)21-14(19)18-9-12(13(10-18)20-4)17-11-5-7-16-8-6-11/h11-13,16-17H,5-10H2,1-4H3/t12?,13-/m0/s1. The number of carbonyl (C=O) groups is 1. The van der Waals surface area contributed by atoms with Crippen molar-refractivity contribution in [3.05, 3.63) is 0 Å². The average molecular weight is 299 g/mol. The molecule has 6 heteroatoms. The summed E-state index contributed by atoms with van der Waals surface area (Å²) in [6.07, 6.45) is 2.03. The second-order valence-corrected chi connectivity index (χ2v) is 6.96. The largest absolute Gasteiger partial charge is 0.444 e. The second-order valence-electron chi connectivity index (χ2n) is 6.96. The van der Waals surface area contributed by atoms with E-state index in [1.165, 1.54) is 0 Å². The first kappa shape index (κ1) is 16.5. The minimum Gasteiger partial charge on any atom is -0.444 e. The van der Waals surface area contributed by atoms with Gasteiger partial charge in [-0.05, 0) is 46.7 Å². The molecule has 6 nitrogen and oxygen atoms in total. The van der Waals surface area contributed by atoms with Crippen molar-refractivity contribution in [2.24, 2.45) is 0 Å². The molecule has 2 N–H and O–H groups in total. The fraction of sp³-hybridized carbons (Fsp3) is 0.933. The van der Waals surface area contributed by atoms with Crippen LogP contribution in [-0.2, 0) is 9.47 Å². The Bertz CT molecular complexity index is 351. The summed E-state index contributed by atoms with van der Waals surface area (Å²) in [5.74, 6) is 0. The highest BCUT2D eigenvalue weighted by molar-refractivity contribution is 5.68. The summed E-state index contributed by atoms with van der Waals surface area (Å²) in [7, 11) is 1.71. The molecule has 0 aromatic heterocycles. The summed E-state index contributed by atoms with van der Waals surface area (Å²) in [5, 5.41) is 7.01. The zero-order chi connectivity index (χ0) is 15.5. The Labute approximate surface area is 127 Å². The van der Waals surface area contributed by atoms with E-state index in [9.17, 15) is 4.79 Å². The third kappa shape index (κ3) is 4.83. The minimum absolute atomic E-state index is 0.0346. The number of hydrogen-bond donors (Lipinski definition) is 2. The Morgan fingerprint density at radius 1 is 1.24 bits per heavy atom. The van der Waals surface area contributed by atoms with Gasteiger partial charge in [0.15, 0.2) is 0 Å². The zero-order valence-electron chi connectivity index (χ0n) is 13.6. The quantitative estimate of drug-likeness (QED) is 0.813. The SMILES string of the molecule is CO[C@H]1CN(C(=O)OC(C)(C)C)CC1NC1CCNCC1. The van der Waals surface area contributed by atoms with Crippen molar-refractivity contribution in [2.75, 3.05) is 33.3 Å². The second kappa shape index (κ2) is 6.94. The van der Waals surface area contributed by atoms with E-state index in [0.717, 1.165) is 25.9 Å². The highest BCUT2D eigenvalue weighted by Crippen LogP contribution is 2.19. The molecule has 1 amide bonds. The summed E-state index contributed by atoms with van der Waals surface area (Å²) in [6.45, 7) is 9.01. The number of ether oxygens (including phenoxy) is 2. The molecule has 2 heterocycles. The molecule has 2 saturated heterocycles. The van der Waals surface area contributed by atoms with E-state index in [0.29, 0.717) is 19.1 Å². The van der Waals surface area contributed by atoms with Gasteiger partial charge in [-0.15, -0.1) is 0 Å². The van der Waals surface area contributed by atoms with E-state index >= 15 is 0 Å². The zero-order valence-corrected chi connectivity index (χ0v) is 13.6. The van der Waals surface area contributed by atoms with Crippen molar-refractivity contribution in [3.8, 4) is 0 Å². The molecular weight excluding hydrogens is 270 g/mol. The number of nitrogens with zero attached hydrogens (tertiary/aromatic N) is 1. The molecule has 2 rings (SSSR count). The number of likely N-dealkylation sites (tertiary alicyclic amines) is 1. The molecule has 0 bridgehead atoms. The van der Waals surface area contributed by atoms with Gasteiger partial charge in [-0.1, -0.05) is 0 Å². The molecule has 122 valence electrons. The van der Waals surface area contributed by atoms with Gasteiger partial charge in [0.1, 0.15) is 5.60 Å². The summed E-state index contributed by atoms with van der Waals surface area (Å²) in [4.78, 5) is 13.9. The summed E-state index contributed by atoms with van der Waals surface area (Å²) >= 11 is 0. The van der Waals surface area contributed by atoms with Crippen LogP contribution in [0.5, 0.6) is 0 Å². The highest BCUT2D eigenvalue weighted by atomic mass is 16.6. The van der Waals surface area contributed by atoms with Gasteiger partial charge in [-0.3, -0.25) is 0 Å². The van der Waals surface area contributed by atoms with Crippen molar-refractivity contribution in [3.63, 3.8) is 0 Å². The van der Waals surface area contributed by atoms with Crippen LogP contribution in [0.2, 0.25) is 0 Å². The van der Waals surface area contributed by atoms with E-state index in [2.05, 4.69) is 10.6 Å². The molecule has 0 radical (unpaired) electrons. The number of nitrogens with one attached hydrogen (secondary N) is 2. The molecule has 2 aliphatic rings. The topological polar surface area (TPSA) is 62.8 Å². The lowest BCUT2D eigenvalue weighted by Gasteiger charge is -2.29. The van der Waals surface area contributed by atoms with Gasteiger partial charge in [0.25, 0.3) is 0 Å². The molecule has 2 fully saturated rings. The van der Waals surface area contributed by atoms with E-state index in [-0.39, 0.29) is 18.2 Å². The van der Waals surface area contributed by atoms with Crippen LogP contribution in [0.15, 0.2) is 0 Å². The van der Waals surface area contributed by atoms with Crippen molar-refractivity contribution in [2.45, 2.75) is 57.4 Å². The maximum absolute atomic E-state index is 12.2. The van der Waals surface area contributed by atoms with Crippen LogP contribution in [-0.4, -0.2) is 68.1 Å². The highest BCUT2D eigenvalue weighted by Gasteiger charge is 2.38. The average Bonchev–Trinajstić information content (AvgIpc) is 2.81. The first-order chi connectivity index (χ1) is 9.89. The molecule has 0 aromatic rings. The summed E-state index contributed by atoms with van der Waals surface area (Å²) in [6, 6.07) is 0.693. The Morgan fingerprint density at radius 3 is 2.48 bits per heavy atom. The van der Waals surface area contributed by atoms with Crippen LogP contribution >= 0.6 is 0 Å². The smallest absolute Gasteiger partial charge is 0.410 e. The predicted molar refractivity (Wildman–Crippen MR) is 81.4 cm³/mol.